The minimum Gasteiger partial charge on any atom is -0.508 e. The highest BCUT2D eigenvalue weighted by Crippen LogP contribution is 2.44. The van der Waals surface area contributed by atoms with Gasteiger partial charge in [0.2, 0.25) is 5.91 Å². The number of nitrogen functional groups attached to an aromatic ring is 1. The number of amides is 1. The van der Waals surface area contributed by atoms with Gasteiger partial charge >= 0.3 is 42.2 Å². The van der Waals surface area contributed by atoms with Crippen LogP contribution in [0.2, 0.25) is 5.02 Å². The van der Waals surface area contributed by atoms with Gasteiger partial charge in [-0.05, 0) is 148 Å². The standard InChI is InChI=1S/C17H12BrClF3NO2.3C14H17NO6.C14H19NO4.C8H14O2.C7H7NO4.C7H12O3/c18-15(11-1-4-12(19)5-2-11)16(24)23-8-7-10-3-6-13(9-14(10)23)25-17(20,21)22;3*1-19-12-5-11(15(17)18)6-13(7-12)21-8-9-3-10(4-9)14(16)20-2;1-17-12-5-11(15)6-13(7-12)19-8-9-3-10(4-9)14(16)18-2;1-3-6-4-7(5-6)8(9)10-2;1-12-7-3-5(8(10)11)2-6(9)4-7;1-10-7(9)6-2-5(3-6)4-8/h1-6,9,15H,7-8H2;3*5-7,9-10H,3-4,8H2,1-2H3;5-7,9-10H,3-4,8,15H2,1-2H3;6-7H,3-5H2,1-2H3;2-4,9H,1H3;5-6,8H,2-4H2,1H3. The number of benzene rings is 7. The third-order valence-corrected chi connectivity index (χ3v) is 24.8. The van der Waals surface area contributed by atoms with E-state index in [1.165, 1.54) is 143 Å². The van der Waals surface area contributed by atoms with E-state index in [0.29, 0.717) is 119 Å². The van der Waals surface area contributed by atoms with E-state index in [1.54, 1.807) is 73.8 Å². The number of halogens is 5. The number of hydrogen-bond acceptors (Lipinski definition) is 34. The summed E-state index contributed by atoms with van der Waals surface area (Å²) < 4.78 is 116. The lowest BCUT2D eigenvalue weighted by atomic mass is 9.74. The number of methoxy groups -OCH3 is 11. The lowest BCUT2D eigenvalue weighted by Crippen LogP contribution is -2.34. The summed E-state index contributed by atoms with van der Waals surface area (Å²) in [7, 11) is 15.7. The van der Waals surface area contributed by atoms with Crippen molar-refractivity contribution in [3.05, 3.63) is 190 Å². The molecule has 1 atom stereocenters. The molecule has 1 aliphatic heterocycles. The zero-order valence-electron chi connectivity index (χ0n) is 78.6. The molecule has 0 radical (unpaired) electrons. The molecule has 7 aliphatic rings. The first-order chi connectivity index (χ1) is 66.1. The minimum atomic E-state index is -4.77. The fourth-order valence-electron chi connectivity index (χ4n) is 15.3. The van der Waals surface area contributed by atoms with Gasteiger partial charge in [-0.1, -0.05) is 59.1 Å². The highest BCUT2D eigenvalue weighted by Gasteiger charge is 2.41. The van der Waals surface area contributed by atoms with Crippen LogP contribution in [-0.4, -0.2) is 196 Å². The van der Waals surface area contributed by atoms with Crippen molar-refractivity contribution in [1.82, 2.24) is 0 Å². The SMILES string of the molecule is CCC1CC(C(=O)OC)C1.COC(=O)C1CC(CO)C1.COC(=O)C1CC(COc2cc(N)cc(OC)c2)C1.COC(=O)C1CC(COc2cc(OC)cc([N+](=O)[O-])c2)C1.COC(=O)C1CC(COc2cc(OC)cc([N+](=O)[O-])c2)C1.COC(=O)C1CC(COc2cc(OC)cc([N+](=O)[O-])c2)C1.COc1cc(O)cc([N+](=O)[O-])c1.O=C(C(Br)c1ccc(Cl)cc1)N1CCc2ccc(OC(F)(F)F)cc21. The van der Waals surface area contributed by atoms with Crippen LogP contribution >= 0.6 is 27.5 Å². The number of nitro groups is 4. The Morgan fingerprint density at radius 3 is 1.01 bits per heavy atom. The van der Waals surface area contributed by atoms with Gasteiger partial charge in [-0.3, -0.25) is 74.0 Å². The van der Waals surface area contributed by atoms with Crippen molar-refractivity contribution in [2.45, 2.75) is 108 Å². The van der Waals surface area contributed by atoms with Gasteiger partial charge in [0.05, 0.1) is 214 Å². The number of aromatic hydroxyl groups is 1. The smallest absolute Gasteiger partial charge is 0.508 e. The van der Waals surface area contributed by atoms with E-state index in [1.807, 2.05) is 0 Å². The Labute approximate surface area is 812 Å². The molecule has 1 unspecified atom stereocenters. The molecule has 0 aromatic heterocycles. The maximum atomic E-state index is 12.8. The van der Waals surface area contributed by atoms with Crippen LogP contribution in [0.4, 0.5) is 47.3 Å². The highest BCUT2D eigenvalue weighted by atomic mass is 79.9. The fourth-order valence-corrected chi connectivity index (χ4v) is 16.0. The number of esters is 6. The van der Waals surface area contributed by atoms with Gasteiger partial charge in [-0.25, -0.2) is 0 Å². The summed E-state index contributed by atoms with van der Waals surface area (Å²) in [5.74, 6) is 4.76. The molecule has 7 aromatic carbocycles. The number of non-ortho nitro benzene ring substituents is 4. The average Bonchev–Trinajstić information content (AvgIpc) is 1.65. The summed E-state index contributed by atoms with van der Waals surface area (Å²) in [4.78, 5) is 121. The molecule has 6 saturated carbocycles. The normalized spacial score (nSPS) is 20.1. The van der Waals surface area contributed by atoms with Crippen LogP contribution in [0.1, 0.15) is 106 Å². The number of aliphatic hydroxyl groups excluding tert-OH is 1. The molecule has 758 valence electrons. The van der Waals surface area contributed by atoms with Gasteiger partial charge in [0.15, 0.2) is 0 Å². The van der Waals surface area contributed by atoms with E-state index in [0.717, 1.165) is 94.6 Å². The lowest BCUT2D eigenvalue weighted by Gasteiger charge is -2.32. The number of ether oxygens (including phenoxy) is 16. The lowest BCUT2D eigenvalue weighted by molar-refractivity contribution is -0.385. The van der Waals surface area contributed by atoms with Gasteiger partial charge in [0.1, 0.15) is 68.1 Å². The van der Waals surface area contributed by atoms with Crippen molar-refractivity contribution >= 4 is 103 Å². The average molecular weight is 2040 g/mol. The Balaban J connectivity index is 0.000000220. The number of rotatable bonds is 32. The number of nitro benzene ring substituents is 4. The van der Waals surface area contributed by atoms with Gasteiger partial charge in [0, 0.05) is 72.4 Å². The Bertz CT molecular complexity index is 5020. The quantitative estimate of drug-likeness (QED) is 0.00880. The third kappa shape index (κ3) is 35.5. The molecule has 0 bridgehead atoms. The topological polar surface area (TPSA) is 509 Å². The van der Waals surface area contributed by atoms with Crippen molar-refractivity contribution in [2.75, 3.05) is 128 Å². The summed E-state index contributed by atoms with van der Waals surface area (Å²) in [5.41, 5.74) is 7.88. The predicted octanol–water partition coefficient (Wildman–Crippen LogP) is 16.7. The van der Waals surface area contributed by atoms with Crippen LogP contribution in [0.5, 0.6) is 63.2 Å². The molecule has 1 amide bonds. The number of carbonyl (C=O) groups is 7. The molecule has 6 fully saturated rings. The number of hydrogen-bond donors (Lipinski definition) is 3. The number of alkyl halides is 4. The largest absolute Gasteiger partial charge is 0.573 e. The monoisotopic (exact) mass is 2040 g/mol. The van der Waals surface area contributed by atoms with Crippen molar-refractivity contribution in [2.24, 2.45) is 71.0 Å². The first kappa shape index (κ1) is 113. The van der Waals surface area contributed by atoms with E-state index in [4.69, 9.17) is 74.9 Å². The number of aliphatic hydroxyl groups is 1. The zero-order chi connectivity index (χ0) is 102. The molecular formula is C95H115BrClF3N6O33. The molecule has 0 saturated heterocycles. The maximum Gasteiger partial charge on any atom is 0.573 e. The van der Waals surface area contributed by atoms with Crippen molar-refractivity contribution in [1.29, 1.82) is 0 Å². The maximum absolute atomic E-state index is 12.8. The van der Waals surface area contributed by atoms with E-state index < -0.39 is 30.9 Å². The number of phenolic OH excluding ortho intramolecular Hbond substituents is 1. The number of nitrogens with two attached hydrogens (primary N) is 1. The molecule has 39 nitrogen and oxygen atoms in total. The van der Waals surface area contributed by atoms with Crippen LogP contribution < -0.4 is 58.0 Å². The van der Waals surface area contributed by atoms with Gasteiger partial charge in [-0.2, -0.15) is 0 Å². The van der Waals surface area contributed by atoms with E-state index in [-0.39, 0.29) is 142 Å². The second kappa shape index (κ2) is 55.2. The molecule has 6 aliphatic carbocycles. The first-order valence-electron chi connectivity index (χ1n) is 43.8. The molecule has 4 N–H and O–H groups in total. The summed E-state index contributed by atoms with van der Waals surface area (Å²) >= 11 is 9.20. The molecular weight excluding hydrogens is 1930 g/mol. The van der Waals surface area contributed by atoms with E-state index >= 15 is 0 Å². The van der Waals surface area contributed by atoms with Crippen molar-refractivity contribution in [3.8, 4) is 63.2 Å². The second-order valence-electron chi connectivity index (χ2n) is 33.1. The predicted molar refractivity (Wildman–Crippen MR) is 499 cm³/mol. The first-order valence-corrected chi connectivity index (χ1v) is 45.1. The van der Waals surface area contributed by atoms with Crippen LogP contribution in [0.25, 0.3) is 0 Å². The third-order valence-electron chi connectivity index (χ3n) is 23.6. The fraction of sp³-hybridized carbons (Fsp3) is 0.484. The molecule has 14 rings (SSSR count). The van der Waals surface area contributed by atoms with Gasteiger partial charge in [-0.15, -0.1) is 13.2 Å². The Kier molecular flexibility index (Phi) is 44.7. The molecule has 1 heterocycles. The summed E-state index contributed by atoms with van der Waals surface area (Å²) in [5, 5.41) is 60.9. The summed E-state index contributed by atoms with van der Waals surface area (Å²) in [6, 6.07) is 32.6. The van der Waals surface area contributed by atoms with E-state index in [2.05, 4.69) is 51.3 Å². The Morgan fingerprint density at radius 2 is 0.705 bits per heavy atom. The molecule has 139 heavy (non-hydrogen) atoms. The number of nitrogens with zero attached hydrogens (tertiary/aromatic N) is 5. The molecule has 7 aromatic rings. The number of phenols is 1. The Morgan fingerprint density at radius 1 is 0.417 bits per heavy atom. The van der Waals surface area contributed by atoms with Crippen molar-refractivity contribution in [3.63, 3.8) is 0 Å². The van der Waals surface area contributed by atoms with Crippen LogP contribution in [0.3, 0.4) is 0 Å². The van der Waals surface area contributed by atoms with Gasteiger partial charge < -0.3 is 96.6 Å². The van der Waals surface area contributed by atoms with Crippen molar-refractivity contribution < 1.29 is 152 Å². The van der Waals surface area contributed by atoms with E-state index in [9.17, 15) is 87.2 Å². The highest BCUT2D eigenvalue weighted by molar-refractivity contribution is 9.09. The van der Waals surface area contributed by atoms with Crippen LogP contribution in [0, 0.1) is 111 Å². The zero-order valence-corrected chi connectivity index (χ0v) is 80.9. The Hall–Kier alpha value is -13.5. The number of fused-ring (bicyclic) bond motifs is 1. The number of carbonyl (C=O) groups excluding carboxylic acids is 7. The molecule has 0 spiro atoms. The number of anilines is 2. The summed E-state index contributed by atoms with van der Waals surface area (Å²) in [6.45, 7) is 4.60. The minimum absolute atomic E-state index is 0.0234. The van der Waals surface area contributed by atoms with Crippen LogP contribution in [-0.2, 0) is 68.4 Å². The van der Waals surface area contributed by atoms with Crippen LogP contribution in [0.15, 0.2) is 133 Å². The van der Waals surface area contributed by atoms with Gasteiger partial charge in [0.25, 0.3) is 22.7 Å². The summed E-state index contributed by atoms with van der Waals surface area (Å²) in [6.07, 6.45) is 6.66. The second-order valence-corrected chi connectivity index (χ2v) is 34.5. The molecule has 44 heteroatoms.